The number of amides is 3. The van der Waals surface area contributed by atoms with Gasteiger partial charge < -0.3 is 25.3 Å². The van der Waals surface area contributed by atoms with E-state index in [1.807, 2.05) is 36.9 Å². The Hall–Kier alpha value is -3.29. The van der Waals surface area contributed by atoms with Gasteiger partial charge in [-0.05, 0) is 54.3 Å². The van der Waals surface area contributed by atoms with E-state index in [4.69, 9.17) is 5.11 Å². The van der Waals surface area contributed by atoms with E-state index in [1.165, 1.54) is 11.3 Å². The molecule has 3 amide bonds. The summed E-state index contributed by atoms with van der Waals surface area (Å²) < 4.78 is 0.947. The molecular weight excluding hydrogens is 574 g/mol. The van der Waals surface area contributed by atoms with Crippen molar-refractivity contribution in [3.63, 3.8) is 0 Å². The minimum absolute atomic E-state index is 0.00164. The highest BCUT2D eigenvalue weighted by Crippen LogP contribution is 2.32. The summed E-state index contributed by atoms with van der Waals surface area (Å²) in [6.07, 6.45) is 0.938. The number of carbonyl (C=O) groups is 3. The Kier molecular flexibility index (Phi) is 11.1. The monoisotopic (exact) mass is 611 g/mol. The van der Waals surface area contributed by atoms with E-state index in [2.05, 4.69) is 21.7 Å². The Morgan fingerprint density at radius 1 is 1.05 bits per heavy atom. The van der Waals surface area contributed by atoms with E-state index in [9.17, 15) is 19.5 Å². The Bertz CT molecular complexity index is 1400. The lowest BCUT2D eigenvalue weighted by molar-refractivity contribution is -0.130. The number of thiazole rings is 1. The first-order valence-corrected chi connectivity index (χ1v) is 15.6. The number of aryl methyl sites for hydroxylation is 1. The van der Waals surface area contributed by atoms with Crippen LogP contribution in [0.4, 0.5) is 5.13 Å². The van der Waals surface area contributed by atoms with Crippen molar-refractivity contribution in [2.24, 2.45) is 0 Å². The van der Waals surface area contributed by atoms with Crippen LogP contribution < -0.4 is 10.6 Å². The van der Waals surface area contributed by atoms with Gasteiger partial charge in [0, 0.05) is 63.1 Å². The van der Waals surface area contributed by atoms with Gasteiger partial charge in [-0.3, -0.25) is 19.7 Å². The minimum atomic E-state index is -0.800. The first-order chi connectivity index (χ1) is 20.1. The molecule has 4 N–H and O–H groups in total. The summed E-state index contributed by atoms with van der Waals surface area (Å²) in [4.78, 5) is 45.7. The number of nitrogens with one attached hydrogen (secondary N) is 2. The van der Waals surface area contributed by atoms with Gasteiger partial charge in [-0.2, -0.15) is 0 Å². The first-order valence-electron chi connectivity index (χ1n) is 13.8. The number of piperazine rings is 1. The fraction of sp³-hybridized carbons (Fsp3) is 0.400. The maximum Gasteiger partial charge on any atom is 0.257 e. The lowest BCUT2D eigenvalue weighted by Crippen LogP contribution is -2.50. The molecule has 1 aliphatic rings. The quantitative estimate of drug-likeness (QED) is 0.243. The summed E-state index contributed by atoms with van der Waals surface area (Å²) in [7, 11) is 0. The van der Waals surface area contributed by atoms with Crippen molar-refractivity contribution in [1.82, 2.24) is 20.1 Å². The summed E-state index contributed by atoms with van der Waals surface area (Å²) in [5.74, 6) is 0.436. The highest BCUT2D eigenvalue weighted by molar-refractivity contribution is 8.00. The van der Waals surface area contributed by atoms with E-state index in [0.717, 1.165) is 26.5 Å². The predicted octanol–water partition coefficient (Wildman–Crippen LogP) is 3.05. The molecule has 0 radical (unpaired) electrons. The molecule has 0 saturated carbocycles. The zero-order valence-corrected chi connectivity index (χ0v) is 25.7. The topological polar surface area (TPSA) is 135 Å². The van der Waals surface area contributed by atoms with Crippen molar-refractivity contribution in [2.75, 3.05) is 44.6 Å². The van der Waals surface area contributed by atoms with Crippen LogP contribution >= 0.6 is 23.1 Å². The second-order valence-electron chi connectivity index (χ2n) is 10.3. The third-order valence-electron chi connectivity index (χ3n) is 7.19. The largest absolute Gasteiger partial charge is 0.394 e. The summed E-state index contributed by atoms with van der Waals surface area (Å²) >= 11 is 3.00. The van der Waals surface area contributed by atoms with Crippen molar-refractivity contribution in [3.05, 3.63) is 76.0 Å². The third kappa shape index (κ3) is 8.39. The molecule has 224 valence electrons. The zero-order valence-electron chi connectivity index (χ0n) is 24.1. The smallest absolute Gasteiger partial charge is 0.257 e. The molecule has 0 bridgehead atoms. The molecular formula is C30H37N5O5S2. The van der Waals surface area contributed by atoms with Gasteiger partial charge in [0.1, 0.15) is 0 Å². The van der Waals surface area contributed by atoms with Crippen LogP contribution in [0.25, 0.3) is 0 Å². The lowest BCUT2D eigenvalue weighted by Gasteiger charge is -2.34. The molecule has 0 spiro atoms. The lowest BCUT2D eigenvalue weighted by atomic mass is 9.99. The average Bonchev–Trinajstić information content (AvgIpc) is 3.44. The van der Waals surface area contributed by atoms with Crippen LogP contribution in [0.2, 0.25) is 0 Å². The highest BCUT2D eigenvalue weighted by Gasteiger charge is 2.25. The molecule has 2 aromatic carbocycles. The van der Waals surface area contributed by atoms with Crippen LogP contribution in [0.1, 0.15) is 49.9 Å². The van der Waals surface area contributed by atoms with E-state index in [1.54, 1.807) is 41.9 Å². The number of aromatic nitrogens is 1. The number of nitrogens with zero attached hydrogens (tertiary/aromatic N) is 3. The predicted molar refractivity (Wildman–Crippen MR) is 165 cm³/mol. The van der Waals surface area contributed by atoms with Crippen molar-refractivity contribution in [3.8, 4) is 0 Å². The number of rotatable bonds is 11. The normalized spacial score (nSPS) is 14.1. The first kappa shape index (κ1) is 31.6. The van der Waals surface area contributed by atoms with E-state index in [0.29, 0.717) is 54.7 Å². The maximum atomic E-state index is 13.3. The second-order valence-corrected chi connectivity index (χ2v) is 12.6. The van der Waals surface area contributed by atoms with Crippen LogP contribution in [0.3, 0.4) is 0 Å². The van der Waals surface area contributed by atoms with E-state index < -0.39 is 6.10 Å². The Labute approximate surface area is 254 Å². The molecule has 3 aromatic rings. The summed E-state index contributed by atoms with van der Waals surface area (Å²) in [6, 6.07) is 11.2. The molecule has 2 heterocycles. The fourth-order valence-corrected chi connectivity index (χ4v) is 6.36. The molecule has 10 nitrogen and oxygen atoms in total. The van der Waals surface area contributed by atoms with Crippen LogP contribution in [0.5, 0.6) is 0 Å². The molecule has 42 heavy (non-hydrogen) atoms. The van der Waals surface area contributed by atoms with Gasteiger partial charge in [0.05, 0.1) is 23.1 Å². The molecule has 1 atom stereocenters. The van der Waals surface area contributed by atoms with Crippen molar-refractivity contribution in [2.45, 2.75) is 43.4 Å². The number of benzene rings is 2. The Morgan fingerprint density at radius 3 is 2.40 bits per heavy atom. The molecule has 1 aromatic heterocycles. The minimum Gasteiger partial charge on any atom is -0.394 e. The summed E-state index contributed by atoms with van der Waals surface area (Å²) in [5, 5.41) is 24.7. The summed E-state index contributed by atoms with van der Waals surface area (Å²) in [6.45, 7) is 8.22. The van der Waals surface area contributed by atoms with Crippen LogP contribution in [-0.2, 0) is 17.1 Å². The molecule has 1 aliphatic heterocycles. The SMILES string of the molecule is CC(=O)N1CCN(C(=O)c2cc(CSc3cnc(NC(=O)c4ccc(CNC[C@@H](O)CO)cc4)s3)cc(C)c2C)CC1. The van der Waals surface area contributed by atoms with Crippen molar-refractivity contribution >= 4 is 46.0 Å². The Balaban J connectivity index is 1.31. The maximum absolute atomic E-state index is 13.3. The van der Waals surface area contributed by atoms with Crippen LogP contribution in [-0.4, -0.2) is 88.2 Å². The van der Waals surface area contributed by atoms with Gasteiger partial charge >= 0.3 is 0 Å². The van der Waals surface area contributed by atoms with E-state index in [-0.39, 0.29) is 30.9 Å². The van der Waals surface area contributed by atoms with E-state index >= 15 is 0 Å². The standard InChI is InChI=1S/C30H37N5O5S2/c1-19-12-23(13-26(20(19)2)29(40)35-10-8-34(9-11-35)21(3)37)18-41-27-16-32-30(42-27)33-28(39)24-6-4-22(5-7-24)14-31-15-25(38)17-36/h4-7,12-13,16,25,31,36,38H,8-11,14-15,17-18H2,1-3H3,(H,32,33,39)/t25-/m1/s1. The number of aliphatic hydroxyl groups excluding tert-OH is 2. The molecule has 4 rings (SSSR count). The fourth-order valence-electron chi connectivity index (χ4n) is 4.56. The van der Waals surface area contributed by atoms with Gasteiger partial charge in [-0.25, -0.2) is 4.98 Å². The number of hydrogen-bond acceptors (Lipinski definition) is 9. The van der Waals surface area contributed by atoms with Gasteiger partial charge in [0.25, 0.3) is 11.8 Å². The summed E-state index contributed by atoms with van der Waals surface area (Å²) in [5.41, 5.74) is 5.22. The van der Waals surface area contributed by atoms with Gasteiger partial charge in [0.15, 0.2) is 5.13 Å². The molecule has 0 aliphatic carbocycles. The molecule has 1 fully saturated rings. The van der Waals surface area contributed by atoms with Crippen LogP contribution in [0, 0.1) is 13.8 Å². The molecule has 1 saturated heterocycles. The number of aliphatic hydroxyl groups is 2. The van der Waals surface area contributed by atoms with Gasteiger partial charge in [-0.15, -0.1) is 11.8 Å². The van der Waals surface area contributed by atoms with Gasteiger partial charge in [0.2, 0.25) is 5.91 Å². The second kappa shape index (κ2) is 14.7. The third-order valence-corrected chi connectivity index (χ3v) is 9.37. The number of thioether (sulfide) groups is 1. The van der Waals surface area contributed by atoms with Crippen molar-refractivity contribution < 1.29 is 24.6 Å². The number of anilines is 1. The Morgan fingerprint density at radius 2 is 1.74 bits per heavy atom. The number of carbonyl (C=O) groups excluding carboxylic acids is 3. The van der Waals surface area contributed by atoms with Crippen LogP contribution in [0.15, 0.2) is 46.8 Å². The van der Waals surface area contributed by atoms with Crippen molar-refractivity contribution in [1.29, 1.82) is 0 Å². The highest BCUT2D eigenvalue weighted by atomic mass is 32.2. The van der Waals surface area contributed by atoms with Gasteiger partial charge in [-0.1, -0.05) is 29.5 Å². The molecule has 12 heteroatoms. The average molecular weight is 612 g/mol. The number of hydrogen-bond donors (Lipinski definition) is 4. The zero-order chi connectivity index (χ0) is 30.2. The molecule has 0 unspecified atom stereocenters.